The van der Waals surface area contributed by atoms with Crippen molar-refractivity contribution in [2.75, 3.05) is 39.8 Å². The number of methoxy groups -OCH3 is 1. The number of ether oxygens (including phenoxy) is 1. The SMILES string of the molecule is CCNC(=O)N1CCN(C(=O)c2cc(F)ccc2OC)CC1. The Labute approximate surface area is 128 Å². The van der Waals surface area contributed by atoms with Gasteiger partial charge < -0.3 is 19.9 Å². The fraction of sp³-hybridized carbons (Fsp3) is 0.467. The van der Waals surface area contributed by atoms with Crippen molar-refractivity contribution >= 4 is 11.9 Å². The first kappa shape index (κ1) is 16.1. The number of nitrogens with one attached hydrogen (secondary N) is 1. The van der Waals surface area contributed by atoms with Crippen LogP contribution in [0.5, 0.6) is 5.75 Å². The summed E-state index contributed by atoms with van der Waals surface area (Å²) in [6, 6.07) is 3.74. The van der Waals surface area contributed by atoms with Gasteiger partial charge in [0.25, 0.3) is 5.91 Å². The molecule has 1 aliphatic rings. The molecule has 0 unspecified atom stereocenters. The maximum Gasteiger partial charge on any atom is 0.317 e. The zero-order valence-electron chi connectivity index (χ0n) is 12.8. The Morgan fingerprint density at radius 3 is 2.45 bits per heavy atom. The average Bonchev–Trinajstić information content (AvgIpc) is 2.54. The highest BCUT2D eigenvalue weighted by Crippen LogP contribution is 2.21. The van der Waals surface area contributed by atoms with E-state index in [1.165, 1.54) is 25.3 Å². The fourth-order valence-electron chi connectivity index (χ4n) is 2.39. The molecule has 3 amide bonds. The van der Waals surface area contributed by atoms with Crippen LogP contribution in [0, 0.1) is 5.82 Å². The number of rotatable bonds is 3. The predicted octanol–water partition coefficient (Wildman–Crippen LogP) is 1.32. The summed E-state index contributed by atoms with van der Waals surface area (Å²) in [5, 5.41) is 2.73. The van der Waals surface area contributed by atoms with Crippen LogP contribution in [0.25, 0.3) is 0 Å². The maximum absolute atomic E-state index is 13.4. The molecule has 6 nitrogen and oxygen atoms in total. The van der Waals surface area contributed by atoms with Gasteiger partial charge in [0.1, 0.15) is 11.6 Å². The number of carbonyl (C=O) groups excluding carboxylic acids is 2. The van der Waals surface area contributed by atoms with Gasteiger partial charge in [-0.15, -0.1) is 0 Å². The first-order valence-electron chi connectivity index (χ1n) is 7.22. The molecule has 1 fully saturated rings. The molecular formula is C15H20FN3O3. The van der Waals surface area contributed by atoms with Gasteiger partial charge >= 0.3 is 6.03 Å². The van der Waals surface area contributed by atoms with E-state index in [2.05, 4.69) is 5.32 Å². The molecule has 120 valence electrons. The number of piperazine rings is 1. The molecule has 0 aromatic heterocycles. The van der Waals surface area contributed by atoms with E-state index in [1.54, 1.807) is 9.80 Å². The van der Waals surface area contributed by atoms with Gasteiger partial charge in [-0.1, -0.05) is 0 Å². The van der Waals surface area contributed by atoms with Gasteiger partial charge in [0.05, 0.1) is 12.7 Å². The van der Waals surface area contributed by atoms with E-state index in [0.717, 1.165) is 0 Å². The molecule has 0 spiro atoms. The third-order valence-electron chi connectivity index (χ3n) is 3.57. The molecule has 1 aromatic carbocycles. The zero-order chi connectivity index (χ0) is 16.1. The average molecular weight is 309 g/mol. The summed E-state index contributed by atoms with van der Waals surface area (Å²) in [5.74, 6) is -0.422. The molecular weight excluding hydrogens is 289 g/mol. The largest absolute Gasteiger partial charge is 0.496 e. The van der Waals surface area contributed by atoms with Gasteiger partial charge in [-0.25, -0.2) is 9.18 Å². The highest BCUT2D eigenvalue weighted by atomic mass is 19.1. The van der Waals surface area contributed by atoms with Gasteiger partial charge in [0.2, 0.25) is 0 Å². The Kier molecular flexibility index (Phi) is 5.19. The predicted molar refractivity (Wildman–Crippen MR) is 79.5 cm³/mol. The summed E-state index contributed by atoms with van der Waals surface area (Å²) in [7, 11) is 1.44. The highest BCUT2D eigenvalue weighted by Gasteiger charge is 2.26. The molecule has 0 bridgehead atoms. The van der Waals surface area contributed by atoms with Crippen LogP contribution in [0.2, 0.25) is 0 Å². The number of hydrogen-bond donors (Lipinski definition) is 1. The van der Waals surface area contributed by atoms with Crippen molar-refractivity contribution in [1.82, 2.24) is 15.1 Å². The van der Waals surface area contributed by atoms with Crippen molar-refractivity contribution in [3.05, 3.63) is 29.6 Å². The van der Waals surface area contributed by atoms with Crippen LogP contribution in [-0.2, 0) is 0 Å². The number of amides is 3. The van der Waals surface area contributed by atoms with Crippen molar-refractivity contribution in [2.24, 2.45) is 0 Å². The summed E-state index contributed by atoms with van der Waals surface area (Å²) in [6.45, 7) is 4.15. The summed E-state index contributed by atoms with van der Waals surface area (Å²) in [4.78, 5) is 27.5. The van der Waals surface area contributed by atoms with Crippen LogP contribution >= 0.6 is 0 Å². The molecule has 22 heavy (non-hydrogen) atoms. The second-order valence-electron chi connectivity index (χ2n) is 4.96. The number of urea groups is 1. The first-order valence-corrected chi connectivity index (χ1v) is 7.22. The zero-order valence-corrected chi connectivity index (χ0v) is 12.8. The minimum absolute atomic E-state index is 0.127. The molecule has 0 saturated carbocycles. The van der Waals surface area contributed by atoms with Crippen LogP contribution in [0.4, 0.5) is 9.18 Å². The lowest BCUT2D eigenvalue weighted by atomic mass is 10.1. The van der Waals surface area contributed by atoms with Crippen molar-refractivity contribution in [1.29, 1.82) is 0 Å². The quantitative estimate of drug-likeness (QED) is 0.916. The van der Waals surface area contributed by atoms with Crippen LogP contribution in [0.1, 0.15) is 17.3 Å². The van der Waals surface area contributed by atoms with Gasteiger partial charge in [-0.2, -0.15) is 0 Å². The smallest absolute Gasteiger partial charge is 0.317 e. The van der Waals surface area contributed by atoms with Gasteiger partial charge in [0, 0.05) is 32.7 Å². The van der Waals surface area contributed by atoms with E-state index in [-0.39, 0.29) is 17.5 Å². The monoisotopic (exact) mass is 309 g/mol. The van der Waals surface area contributed by atoms with Crippen molar-refractivity contribution in [3.63, 3.8) is 0 Å². The molecule has 1 saturated heterocycles. The van der Waals surface area contributed by atoms with E-state index in [9.17, 15) is 14.0 Å². The minimum atomic E-state index is -0.481. The second kappa shape index (κ2) is 7.11. The molecule has 1 aromatic rings. The minimum Gasteiger partial charge on any atom is -0.496 e. The van der Waals surface area contributed by atoms with E-state index in [0.29, 0.717) is 38.5 Å². The third-order valence-corrected chi connectivity index (χ3v) is 3.57. The molecule has 0 radical (unpaired) electrons. The number of halogens is 1. The van der Waals surface area contributed by atoms with E-state index in [4.69, 9.17) is 4.74 Å². The molecule has 0 aliphatic carbocycles. The Bertz CT molecular complexity index is 557. The van der Waals surface area contributed by atoms with Crippen molar-refractivity contribution in [3.8, 4) is 5.75 Å². The van der Waals surface area contributed by atoms with E-state index < -0.39 is 5.82 Å². The Morgan fingerprint density at radius 1 is 1.23 bits per heavy atom. The first-order chi connectivity index (χ1) is 10.6. The highest BCUT2D eigenvalue weighted by molar-refractivity contribution is 5.97. The summed E-state index contributed by atoms with van der Waals surface area (Å²) >= 11 is 0. The Hall–Kier alpha value is -2.31. The summed E-state index contributed by atoms with van der Waals surface area (Å²) in [5.41, 5.74) is 0.203. The summed E-state index contributed by atoms with van der Waals surface area (Å²) in [6.07, 6.45) is 0. The Balaban J connectivity index is 2.04. The van der Waals surface area contributed by atoms with Crippen molar-refractivity contribution < 1.29 is 18.7 Å². The molecule has 1 aliphatic heterocycles. The van der Waals surface area contributed by atoms with Crippen LogP contribution in [0.15, 0.2) is 18.2 Å². The fourth-order valence-corrected chi connectivity index (χ4v) is 2.39. The van der Waals surface area contributed by atoms with Crippen LogP contribution in [-0.4, -0.2) is 61.6 Å². The van der Waals surface area contributed by atoms with Gasteiger partial charge in [-0.05, 0) is 25.1 Å². The molecule has 0 atom stereocenters. The van der Waals surface area contributed by atoms with E-state index in [1.807, 2.05) is 6.92 Å². The van der Waals surface area contributed by atoms with Crippen LogP contribution < -0.4 is 10.1 Å². The van der Waals surface area contributed by atoms with Crippen molar-refractivity contribution in [2.45, 2.75) is 6.92 Å². The number of benzene rings is 1. The molecule has 1 heterocycles. The van der Waals surface area contributed by atoms with Gasteiger partial charge in [-0.3, -0.25) is 4.79 Å². The second-order valence-corrected chi connectivity index (χ2v) is 4.96. The standard InChI is InChI=1S/C15H20FN3O3/c1-3-17-15(21)19-8-6-18(7-9-19)14(20)12-10-11(16)4-5-13(12)22-2/h4-5,10H,3,6-9H2,1-2H3,(H,17,21). The molecule has 7 heteroatoms. The number of hydrogen-bond acceptors (Lipinski definition) is 3. The van der Waals surface area contributed by atoms with Crippen LogP contribution in [0.3, 0.4) is 0 Å². The lowest BCUT2D eigenvalue weighted by Gasteiger charge is -2.34. The lowest BCUT2D eigenvalue weighted by Crippen LogP contribution is -2.53. The number of nitrogens with zero attached hydrogens (tertiary/aromatic N) is 2. The number of carbonyl (C=O) groups is 2. The Morgan fingerprint density at radius 2 is 1.86 bits per heavy atom. The normalized spacial score (nSPS) is 14.7. The van der Waals surface area contributed by atoms with E-state index >= 15 is 0 Å². The third kappa shape index (κ3) is 3.47. The lowest BCUT2D eigenvalue weighted by molar-refractivity contribution is 0.0661. The topological polar surface area (TPSA) is 61.9 Å². The van der Waals surface area contributed by atoms with Gasteiger partial charge in [0.15, 0.2) is 0 Å². The summed E-state index contributed by atoms with van der Waals surface area (Å²) < 4.78 is 18.5. The maximum atomic E-state index is 13.4. The molecule has 1 N–H and O–H groups in total. The molecule has 2 rings (SSSR count).